The predicted octanol–water partition coefficient (Wildman–Crippen LogP) is 2.25. The molecule has 0 aromatic heterocycles. The molecule has 19 heavy (non-hydrogen) atoms. The zero-order valence-corrected chi connectivity index (χ0v) is 11.7. The number of esters is 1. The number of carbonyl (C=O) groups is 2. The van der Waals surface area contributed by atoms with Crippen LogP contribution in [0, 0.1) is 0 Å². The van der Waals surface area contributed by atoms with E-state index in [2.05, 4.69) is 5.32 Å². The Hall–Kier alpha value is -1.75. The molecule has 0 saturated carbocycles. The van der Waals surface area contributed by atoms with Crippen LogP contribution in [-0.4, -0.2) is 18.5 Å². The molecule has 100 valence electrons. The monoisotopic (exact) mass is 277 g/mol. The molecule has 1 aromatic carbocycles. The van der Waals surface area contributed by atoms with Crippen molar-refractivity contribution in [3.63, 3.8) is 0 Å². The van der Waals surface area contributed by atoms with Crippen LogP contribution in [0.25, 0.3) is 0 Å². The molecule has 5 heteroatoms. The van der Waals surface area contributed by atoms with E-state index in [1.165, 1.54) is 18.7 Å². The highest BCUT2D eigenvalue weighted by Gasteiger charge is 2.25. The van der Waals surface area contributed by atoms with E-state index in [4.69, 9.17) is 4.74 Å². The summed E-state index contributed by atoms with van der Waals surface area (Å²) in [5.41, 5.74) is 1.59. The molecule has 0 spiro atoms. The molecule has 0 fully saturated rings. The molecule has 0 bridgehead atoms. The van der Waals surface area contributed by atoms with Gasteiger partial charge in [-0.15, -0.1) is 0 Å². The first-order chi connectivity index (χ1) is 9.11. The highest BCUT2D eigenvalue weighted by Crippen LogP contribution is 2.37. The van der Waals surface area contributed by atoms with Crippen LogP contribution < -0.4 is 5.32 Å². The van der Waals surface area contributed by atoms with Crippen molar-refractivity contribution in [3.8, 4) is 0 Å². The van der Waals surface area contributed by atoms with Crippen LogP contribution in [0.3, 0.4) is 0 Å². The molecule has 1 aliphatic rings. The second kappa shape index (κ2) is 5.93. The molecule has 2 rings (SSSR count). The highest BCUT2D eigenvalue weighted by molar-refractivity contribution is 8.03. The molecule has 0 radical (unpaired) electrons. The molecule has 0 atom stereocenters. The minimum absolute atomic E-state index is 0.191. The smallest absolute Gasteiger partial charge is 0.337 e. The lowest BCUT2D eigenvalue weighted by atomic mass is 10.1. The number of nitrogens with one attached hydrogen (secondary N) is 1. The van der Waals surface area contributed by atoms with Gasteiger partial charge in [0, 0.05) is 18.2 Å². The number of amides is 1. The Morgan fingerprint density at radius 3 is 2.79 bits per heavy atom. The van der Waals surface area contributed by atoms with Gasteiger partial charge in [-0.05, 0) is 18.6 Å². The van der Waals surface area contributed by atoms with E-state index in [1.54, 1.807) is 6.92 Å². The lowest BCUT2D eigenvalue weighted by Crippen LogP contribution is -2.25. The summed E-state index contributed by atoms with van der Waals surface area (Å²) >= 11 is 1.39. The Labute approximate surface area is 116 Å². The minimum atomic E-state index is -0.367. The molecule has 4 nitrogen and oxygen atoms in total. The van der Waals surface area contributed by atoms with Gasteiger partial charge in [-0.1, -0.05) is 30.0 Å². The Balaban J connectivity index is 2.34. The first-order valence-electron chi connectivity index (χ1n) is 6.05. The first-order valence-corrected chi connectivity index (χ1v) is 6.87. The summed E-state index contributed by atoms with van der Waals surface area (Å²) in [6.45, 7) is 3.51. The Bertz CT molecular complexity index is 551. The SMILES string of the molecule is CCOC(=O)C1=C(NC(C)=O)Sc2ccccc2C1. The number of ether oxygens (including phenoxy) is 1. The molecule has 1 aliphatic heterocycles. The maximum atomic E-state index is 12.0. The zero-order valence-electron chi connectivity index (χ0n) is 10.9. The molecule has 1 N–H and O–H groups in total. The zero-order chi connectivity index (χ0) is 13.8. The summed E-state index contributed by atoms with van der Waals surface area (Å²) in [4.78, 5) is 24.2. The maximum Gasteiger partial charge on any atom is 0.337 e. The summed E-state index contributed by atoms with van der Waals surface area (Å²) in [7, 11) is 0. The number of fused-ring (bicyclic) bond motifs is 1. The quantitative estimate of drug-likeness (QED) is 0.861. The second-order valence-electron chi connectivity index (χ2n) is 4.10. The van der Waals surface area contributed by atoms with Gasteiger partial charge in [0.05, 0.1) is 17.2 Å². The van der Waals surface area contributed by atoms with Gasteiger partial charge in [0.25, 0.3) is 0 Å². The van der Waals surface area contributed by atoms with Crippen LogP contribution in [0.5, 0.6) is 0 Å². The lowest BCUT2D eigenvalue weighted by Gasteiger charge is -2.21. The number of thioether (sulfide) groups is 1. The van der Waals surface area contributed by atoms with E-state index >= 15 is 0 Å². The van der Waals surface area contributed by atoms with Crippen molar-refractivity contribution in [2.24, 2.45) is 0 Å². The van der Waals surface area contributed by atoms with E-state index in [-0.39, 0.29) is 11.9 Å². The first kappa shape index (κ1) is 13.7. The van der Waals surface area contributed by atoms with Gasteiger partial charge < -0.3 is 10.1 Å². The third-order valence-corrected chi connectivity index (χ3v) is 3.81. The third-order valence-electron chi connectivity index (χ3n) is 2.64. The number of rotatable bonds is 3. The fourth-order valence-corrected chi connectivity index (χ4v) is 2.95. The van der Waals surface area contributed by atoms with Crippen molar-refractivity contribution < 1.29 is 14.3 Å². The number of benzene rings is 1. The lowest BCUT2D eigenvalue weighted by molar-refractivity contribution is -0.138. The Kier molecular flexibility index (Phi) is 4.27. The normalized spacial score (nSPS) is 13.8. The van der Waals surface area contributed by atoms with E-state index in [0.29, 0.717) is 23.6 Å². The number of hydrogen-bond donors (Lipinski definition) is 1. The van der Waals surface area contributed by atoms with E-state index in [9.17, 15) is 9.59 Å². The second-order valence-corrected chi connectivity index (χ2v) is 5.15. The number of carbonyl (C=O) groups excluding carboxylic acids is 2. The van der Waals surface area contributed by atoms with E-state index in [0.717, 1.165) is 10.5 Å². The van der Waals surface area contributed by atoms with Crippen molar-refractivity contribution in [1.29, 1.82) is 0 Å². The van der Waals surface area contributed by atoms with Crippen LogP contribution in [0.2, 0.25) is 0 Å². The molecule has 0 saturated heterocycles. The van der Waals surface area contributed by atoms with Crippen molar-refractivity contribution in [2.75, 3.05) is 6.61 Å². The van der Waals surface area contributed by atoms with Crippen molar-refractivity contribution in [2.45, 2.75) is 25.2 Å². The van der Waals surface area contributed by atoms with Gasteiger partial charge >= 0.3 is 5.97 Å². The molecule has 0 aliphatic carbocycles. The van der Waals surface area contributed by atoms with Crippen LogP contribution >= 0.6 is 11.8 Å². The Morgan fingerprint density at radius 1 is 1.37 bits per heavy atom. The van der Waals surface area contributed by atoms with Gasteiger partial charge in [-0.25, -0.2) is 4.79 Å². The molecule has 1 heterocycles. The van der Waals surface area contributed by atoms with Gasteiger partial charge in [0.2, 0.25) is 5.91 Å². The van der Waals surface area contributed by atoms with Gasteiger partial charge in [0.15, 0.2) is 0 Å². The molecule has 0 unspecified atom stereocenters. The van der Waals surface area contributed by atoms with Crippen molar-refractivity contribution in [3.05, 3.63) is 40.4 Å². The number of hydrogen-bond acceptors (Lipinski definition) is 4. The average molecular weight is 277 g/mol. The molecule has 1 aromatic rings. The van der Waals surface area contributed by atoms with Gasteiger partial charge in [-0.3, -0.25) is 4.79 Å². The molecule has 1 amide bonds. The average Bonchev–Trinajstić information content (AvgIpc) is 2.37. The summed E-state index contributed by atoms with van der Waals surface area (Å²) < 4.78 is 5.05. The predicted molar refractivity (Wildman–Crippen MR) is 73.5 cm³/mol. The largest absolute Gasteiger partial charge is 0.463 e. The van der Waals surface area contributed by atoms with Crippen LogP contribution in [0.4, 0.5) is 0 Å². The Morgan fingerprint density at radius 2 is 2.11 bits per heavy atom. The van der Waals surface area contributed by atoms with E-state index in [1.807, 2.05) is 24.3 Å². The maximum absolute atomic E-state index is 12.0. The highest BCUT2D eigenvalue weighted by atomic mass is 32.2. The molecular formula is C14H15NO3S. The summed E-state index contributed by atoms with van der Waals surface area (Å²) in [6, 6.07) is 7.83. The fourth-order valence-electron chi connectivity index (χ4n) is 1.84. The van der Waals surface area contributed by atoms with Gasteiger partial charge in [-0.2, -0.15) is 0 Å². The topological polar surface area (TPSA) is 55.4 Å². The van der Waals surface area contributed by atoms with Crippen LogP contribution in [0.15, 0.2) is 39.8 Å². The molecular weight excluding hydrogens is 262 g/mol. The van der Waals surface area contributed by atoms with Gasteiger partial charge in [0.1, 0.15) is 0 Å². The van der Waals surface area contributed by atoms with Crippen molar-refractivity contribution >= 4 is 23.6 Å². The fraction of sp³-hybridized carbons (Fsp3) is 0.286. The van der Waals surface area contributed by atoms with E-state index < -0.39 is 0 Å². The summed E-state index contributed by atoms with van der Waals surface area (Å²) in [6.07, 6.45) is 0.484. The summed E-state index contributed by atoms with van der Waals surface area (Å²) in [5, 5.41) is 3.29. The third kappa shape index (κ3) is 3.17. The minimum Gasteiger partial charge on any atom is -0.463 e. The standard InChI is InChI=1S/C14H15NO3S/c1-3-18-14(17)11-8-10-6-4-5-7-12(10)19-13(11)15-9(2)16/h4-7H,3,8H2,1-2H3,(H,15,16). The summed E-state index contributed by atoms with van der Waals surface area (Å²) in [5.74, 6) is -0.558. The van der Waals surface area contributed by atoms with Crippen LogP contribution in [-0.2, 0) is 20.7 Å². The van der Waals surface area contributed by atoms with Crippen LogP contribution in [0.1, 0.15) is 19.4 Å². The van der Waals surface area contributed by atoms with Crippen molar-refractivity contribution in [1.82, 2.24) is 5.32 Å².